The van der Waals surface area contributed by atoms with Crippen molar-refractivity contribution >= 4 is 29.7 Å². The molecular formula is C45H50N2O10. The van der Waals surface area contributed by atoms with Gasteiger partial charge in [-0.25, -0.2) is 0 Å². The van der Waals surface area contributed by atoms with E-state index in [2.05, 4.69) is 0 Å². The van der Waals surface area contributed by atoms with Crippen molar-refractivity contribution in [3.8, 4) is 23.0 Å². The molecule has 2 unspecified atom stereocenters. The topological polar surface area (TPSA) is 149 Å². The maximum absolute atomic E-state index is 15.1. The van der Waals surface area contributed by atoms with Gasteiger partial charge in [0.1, 0.15) is 28.4 Å². The van der Waals surface area contributed by atoms with E-state index in [0.29, 0.717) is 35.8 Å². The number of carbonyl (C=O) groups excluding carboxylic acids is 4. The molecule has 1 saturated carbocycles. The number of ether oxygens (including phenoxy) is 4. The van der Waals surface area contributed by atoms with Gasteiger partial charge in [-0.1, -0.05) is 88.4 Å². The lowest BCUT2D eigenvalue weighted by Crippen LogP contribution is -2.68. The Balaban J connectivity index is 1.46. The first-order valence-electron chi connectivity index (χ1n) is 19.2. The highest BCUT2D eigenvalue weighted by Crippen LogP contribution is 2.55. The summed E-state index contributed by atoms with van der Waals surface area (Å²) in [6.07, 6.45) is 0.619. The van der Waals surface area contributed by atoms with Crippen LogP contribution in [0.4, 0.5) is 0 Å². The lowest BCUT2D eigenvalue weighted by atomic mass is 9.52. The molecule has 12 heteroatoms. The standard InChI is InChI=1S/C45H50N2O10/c1-5-25-46(28-32-17-21-36(22-18-32)56-34-13-9-7-10-14-34)43(52)45(27-38(40(48)49)39(45)42(51)55-30-54-41(50)31(3)4)44(53)47(26-6-2)29-33-19-23-37(24-20-33)57-35-15-11-8-12-16-35/h7-24,31,38-39H,5-6,25-30H2,1-4H3,(H,48,49). The zero-order chi connectivity index (χ0) is 41.0. The number of aliphatic carboxylic acids is 1. The van der Waals surface area contributed by atoms with Crippen molar-refractivity contribution in [1.82, 2.24) is 9.80 Å². The summed E-state index contributed by atoms with van der Waals surface area (Å²) in [7, 11) is 0. The second-order valence-corrected chi connectivity index (χ2v) is 14.4. The number of amides is 2. The van der Waals surface area contributed by atoms with E-state index in [0.717, 1.165) is 11.1 Å². The van der Waals surface area contributed by atoms with E-state index in [9.17, 15) is 19.5 Å². The average molecular weight is 779 g/mol. The SMILES string of the molecule is CCCN(Cc1ccc(Oc2ccccc2)cc1)C(=O)C1(C(=O)N(CCC)Cc2ccc(Oc3ccccc3)cc2)CC(C(=O)O)C1C(=O)OCOC(=O)C(C)C. The fourth-order valence-corrected chi connectivity index (χ4v) is 6.93. The van der Waals surface area contributed by atoms with Gasteiger partial charge in [-0.05, 0) is 78.9 Å². The van der Waals surface area contributed by atoms with Crippen LogP contribution in [0.15, 0.2) is 109 Å². The Morgan fingerprint density at radius 3 is 1.46 bits per heavy atom. The maximum atomic E-state index is 15.1. The molecule has 300 valence electrons. The molecule has 1 aliphatic carbocycles. The van der Waals surface area contributed by atoms with E-state index in [1.165, 1.54) is 9.80 Å². The predicted molar refractivity (Wildman–Crippen MR) is 211 cm³/mol. The number of hydrogen-bond acceptors (Lipinski definition) is 9. The zero-order valence-electron chi connectivity index (χ0n) is 32.8. The smallest absolute Gasteiger partial charge is 0.314 e. The number of nitrogens with zero attached hydrogens (tertiary/aromatic N) is 2. The summed E-state index contributed by atoms with van der Waals surface area (Å²) in [6, 6.07) is 32.9. The van der Waals surface area contributed by atoms with Crippen molar-refractivity contribution in [3.05, 3.63) is 120 Å². The van der Waals surface area contributed by atoms with E-state index < -0.39 is 66.1 Å². The minimum Gasteiger partial charge on any atom is -0.481 e. The van der Waals surface area contributed by atoms with Crippen LogP contribution in [0.5, 0.6) is 23.0 Å². The molecule has 0 spiro atoms. The number of rotatable bonds is 19. The van der Waals surface area contributed by atoms with Gasteiger partial charge in [0.05, 0.1) is 17.8 Å². The highest BCUT2D eigenvalue weighted by atomic mass is 16.7. The number of carboxylic acids is 1. The monoisotopic (exact) mass is 778 g/mol. The molecule has 4 aromatic carbocycles. The highest BCUT2D eigenvalue weighted by Gasteiger charge is 2.70. The molecule has 1 aliphatic rings. The third-order valence-corrected chi connectivity index (χ3v) is 9.80. The third-order valence-electron chi connectivity index (χ3n) is 9.80. The minimum absolute atomic E-state index is 0.0789. The normalized spacial score (nSPS) is 15.5. The summed E-state index contributed by atoms with van der Waals surface area (Å²) in [5.41, 5.74) is -0.645. The van der Waals surface area contributed by atoms with E-state index in [1.54, 1.807) is 38.1 Å². The first kappa shape index (κ1) is 42.0. The summed E-state index contributed by atoms with van der Waals surface area (Å²) >= 11 is 0. The Morgan fingerprint density at radius 1 is 0.649 bits per heavy atom. The number of hydrogen-bond donors (Lipinski definition) is 1. The van der Waals surface area contributed by atoms with Crippen molar-refractivity contribution in [2.75, 3.05) is 19.9 Å². The Bertz CT molecular complexity index is 1860. The minimum atomic E-state index is -2.11. The number of esters is 2. The number of carboxylic acid groups (broad SMARTS) is 1. The Morgan fingerprint density at radius 2 is 1.07 bits per heavy atom. The quantitative estimate of drug-likeness (QED) is 0.0567. The van der Waals surface area contributed by atoms with Crippen LogP contribution in [-0.2, 0) is 46.5 Å². The van der Waals surface area contributed by atoms with Crippen molar-refractivity contribution in [2.45, 2.75) is 60.0 Å². The highest BCUT2D eigenvalue weighted by molar-refractivity contribution is 6.11. The molecule has 0 bridgehead atoms. The number of para-hydroxylation sites is 2. The van der Waals surface area contributed by atoms with Gasteiger partial charge in [-0.3, -0.25) is 24.0 Å². The van der Waals surface area contributed by atoms with E-state index in [4.69, 9.17) is 18.9 Å². The van der Waals surface area contributed by atoms with Gasteiger partial charge in [0.2, 0.25) is 18.6 Å². The Hall–Kier alpha value is -6.17. The lowest BCUT2D eigenvalue weighted by Gasteiger charge is -2.52. The second kappa shape index (κ2) is 19.6. The van der Waals surface area contributed by atoms with Gasteiger partial charge in [0.15, 0.2) is 0 Å². The van der Waals surface area contributed by atoms with Crippen LogP contribution in [-0.4, -0.2) is 64.5 Å². The van der Waals surface area contributed by atoms with E-state index in [-0.39, 0.29) is 26.2 Å². The van der Waals surface area contributed by atoms with Crippen LogP contribution in [0.2, 0.25) is 0 Å². The van der Waals surface area contributed by atoms with Crippen LogP contribution in [0.3, 0.4) is 0 Å². The summed E-state index contributed by atoms with van der Waals surface area (Å²) in [4.78, 5) is 71.9. The van der Waals surface area contributed by atoms with Gasteiger partial charge in [-0.2, -0.15) is 0 Å². The first-order valence-corrected chi connectivity index (χ1v) is 19.2. The number of carbonyl (C=O) groups is 5. The van der Waals surface area contributed by atoms with Crippen LogP contribution in [0.1, 0.15) is 58.1 Å². The zero-order valence-corrected chi connectivity index (χ0v) is 32.8. The molecule has 2 atom stereocenters. The van der Waals surface area contributed by atoms with Gasteiger partial charge < -0.3 is 33.9 Å². The molecule has 1 N–H and O–H groups in total. The van der Waals surface area contributed by atoms with Crippen molar-refractivity contribution in [2.24, 2.45) is 23.2 Å². The molecule has 1 fully saturated rings. The van der Waals surface area contributed by atoms with Crippen LogP contribution in [0.25, 0.3) is 0 Å². The van der Waals surface area contributed by atoms with Crippen molar-refractivity contribution in [3.63, 3.8) is 0 Å². The molecule has 0 heterocycles. The fourth-order valence-electron chi connectivity index (χ4n) is 6.93. The Labute approximate surface area is 333 Å². The molecular weight excluding hydrogens is 728 g/mol. The predicted octanol–water partition coefficient (Wildman–Crippen LogP) is 7.86. The molecule has 2 amide bonds. The average Bonchev–Trinajstić information content (AvgIpc) is 3.19. The van der Waals surface area contributed by atoms with Gasteiger partial charge in [-0.15, -0.1) is 0 Å². The second-order valence-electron chi connectivity index (χ2n) is 14.4. The maximum Gasteiger partial charge on any atom is 0.314 e. The van der Waals surface area contributed by atoms with E-state index in [1.807, 2.05) is 98.8 Å². The van der Waals surface area contributed by atoms with Gasteiger partial charge >= 0.3 is 17.9 Å². The molecule has 12 nitrogen and oxygen atoms in total. The van der Waals surface area contributed by atoms with Crippen LogP contribution >= 0.6 is 0 Å². The van der Waals surface area contributed by atoms with Crippen LogP contribution < -0.4 is 9.47 Å². The Kier molecular flexibility index (Phi) is 14.4. The summed E-state index contributed by atoms with van der Waals surface area (Å²) in [5, 5.41) is 10.3. The molecule has 57 heavy (non-hydrogen) atoms. The largest absolute Gasteiger partial charge is 0.481 e. The van der Waals surface area contributed by atoms with Crippen molar-refractivity contribution in [1.29, 1.82) is 0 Å². The van der Waals surface area contributed by atoms with Crippen molar-refractivity contribution < 1.29 is 48.0 Å². The summed E-state index contributed by atoms with van der Waals surface area (Å²) in [6.45, 7) is 6.80. The lowest BCUT2D eigenvalue weighted by molar-refractivity contribution is -0.202. The van der Waals surface area contributed by atoms with Crippen LogP contribution in [0, 0.1) is 23.2 Å². The fraction of sp³-hybridized carbons (Fsp3) is 0.356. The summed E-state index contributed by atoms with van der Waals surface area (Å²) < 4.78 is 22.3. The van der Waals surface area contributed by atoms with E-state index >= 15 is 9.59 Å². The molecule has 0 radical (unpaired) electrons. The molecule has 0 aromatic heterocycles. The number of benzene rings is 4. The van der Waals surface area contributed by atoms with Gasteiger partial charge in [0, 0.05) is 26.2 Å². The molecule has 0 saturated heterocycles. The molecule has 0 aliphatic heterocycles. The molecule has 4 aromatic rings. The summed E-state index contributed by atoms with van der Waals surface area (Å²) in [5.74, 6) is -5.53. The third kappa shape index (κ3) is 10.4. The first-order chi connectivity index (χ1) is 27.5. The molecule has 5 rings (SSSR count). The van der Waals surface area contributed by atoms with Gasteiger partial charge in [0.25, 0.3) is 0 Å².